The van der Waals surface area contributed by atoms with Crippen LogP contribution in [-0.2, 0) is 4.84 Å². The summed E-state index contributed by atoms with van der Waals surface area (Å²) in [5, 5.41) is 10.5. The minimum absolute atomic E-state index is 0.387. The predicted octanol–water partition coefficient (Wildman–Crippen LogP) is -0.0398. The van der Waals surface area contributed by atoms with Gasteiger partial charge < -0.3 is 15.5 Å². The highest BCUT2D eigenvalue weighted by Crippen LogP contribution is 2.00. The SMILES string of the molecule is CCON=C1CNCCC1NC. The number of nitrogens with zero attached hydrogens (tertiary/aromatic N) is 1. The van der Waals surface area contributed by atoms with Crippen LogP contribution in [0.25, 0.3) is 0 Å². The Bertz CT molecular complexity index is 158. The zero-order valence-electron chi connectivity index (χ0n) is 7.76. The van der Waals surface area contributed by atoms with Gasteiger partial charge >= 0.3 is 0 Å². The van der Waals surface area contributed by atoms with Gasteiger partial charge in [-0.3, -0.25) is 0 Å². The largest absolute Gasteiger partial charge is 0.396 e. The zero-order valence-corrected chi connectivity index (χ0v) is 7.76. The van der Waals surface area contributed by atoms with E-state index in [2.05, 4.69) is 15.8 Å². The average molecular weight is 171 g/mol. The molecule has 0 spiro atoms. The van der Waals surface area contributed by atoms with E-state index in [1.54, 1.807) is 0 Å². The van der Waals surface area contributed by atoms with Crippen molar-refractivity contribution in [1.29, 1.82) is 0 Å². The second-order valence-electron chi connectivity index (χ2n) is 2.81. The number of hydrogen-bond donors (Lipinski definition) is 2. The van der Waals surface area contributed by atoms with Crippen molar-refractivity contribution in [2.24, 2.45) is 5.16 Å². The first kappa shape index (κ1) is 9.48. The van der Waals surface area contributed by atoms with Gasteiger partial charge in [-0.1, -0.05) is 5.16 Å². The van der Waals surface area contributed by atoms with Crippen molar-refractivity contribution in [3.8, 4) is 0 Å². The lowest BCUT2D eigenvalue weighted by Gasteiger charge is -2.23. The molecule has 0 aromatic heterocycles. The maximum Gasteiger partial charge on any atom is 0.114 e. The fourth-order valence-corrected chi connectivity index (χ4v) is 1.31. The van der Waals surface area contributed by atoms with Crippen LogP contribution in [0.3, 0.4) is 0 Å². The van der Waals surface area contributed by atoms with Crippen molar-refractivity contribution in [2.75, 3.05) is 26.7 Å². The van der Waals surface area contributed by atoms with Gasteiger partial charge in [0.2, 0.25) is 0 Å². The summed E-state index contributed by atoms with van der Waals surface area (Å²) in [6.45, 7) is 4.47. The highest BCUT2D eigenvalue weighted by atomic mass is 16.6. The standard InChI is InChI=1S/C8H17N3O/c1-3-12-11-8-6-10-5-4-7(8)9-2/h7,9-10H,3-6H2,1-2H3. The Balaban J connectivity index is 2.46. The van der Waals surface area contributed by atoms with Gasteiger partial charge in [0.15, 0.2) is 0 Å². The molecule has 0 saturated carbocycles. The van der Waals surface area contributed by atoms with Gasteiger partial charge in [0.25, 0.3) is 0 Å². The molecule has 4 heteroatoms. The number of piperidine rings is 1. The number of oxime groups is 1. The predicted molar refractivity (Wildman–Crippen MR) is 49.4 cm³/mol. The maximum atomic E-state index is 5.01. The van der Waals surface area contributed by atoms with E-state index >= 15 is 0 Å². The molecule has 0 amide bonds. The summed E-state index contributed by atoms with van der Waals surface area (Å²) in [5.41, 5.74) is 1.07. The molecule has 70 valence electrons. The number of rotatable bonds is 3. The van der Waals surface area contributed by atoms with Crippen molar-refractivity contribution < 1.29 is 4.84 Å². The molecule has 0 aliphatic carbocycles. The third kappa shape index (κ3) is 2.46. The Morgan fingerprint density at radius 2 is 2.58 bits per heavy atom. The molecule has 12 heavy (non-hydrogen) atoms. The lowest BCUT2D eigenvalue weighted by atomic mass is 10.1. The molecule has 2 N–H and O–H groups in total. The van der Waals surface area contributed by atoms with Crippen molar-refractivity contribution in [3.05, 3.63) is 0 Å². The molecule has 1 saturated heterocycles. The molecule has 1 fully saturated rings. The van der Waals surface area contributed by atoms with E-state index in [4.69, 9.17) is 4.84 Å². The molecular formula is C8H17N3O. The lowest BCUT2D eigenvalue weighted by Crippen LogP contribution is -2.47. The van der Waals surface area contributed by atoms with E-state index < -0.39 is 0 Å². The van der Waals surface area contributed by atoms with Crippen LogP contribution in [0.2, 0.25) is 0 Å². The van der Waals surface area contributed by atoms with Gasteiger partial charge in [-0.15, -0.1) is 0 Å². The van der Waals surface area contributed by atoms with Gasteiger partial charge in [-0.25, -0.2) is 0 Å². The first-order valence-corrected chi connectivity index (χ1v) is 4.45. The third-order valence-electron chi connectivity index (χ3n) is 1.98. The molecule has 1 aliphatic heterocycles. The van der Waals surface area contributed by atoms with Crippen molar-refractivity contribution >= 4 is 5.71 Å². The van der Waals surface area contributed by atoms with E-state index in [-0.39, 0.29) is 0 Å². The van der Waals surface area contributed by atoms with Crippen LogP contribution in [0, 0.1) is 0 Å². The molecule has 1 rings (SSSR count). The highest BCUT2D eigenvalue weighted by molar-refractivity contribution is 5.91. The van der Waals surface area contributed by atoms with E-state index in [0.29, 0.717) is 12.6 Å². The van der Waals surface area contributed by atoms with Crippen LogP contribution in [-0.4, -0.2) is 38.5 Å². The summed E-state index contributed by atoms with van der Waals surface area (Å²) in [7, 11) is 1.96. The van der Waals surface area contributed by atoms with E-state index in [1.807, 2.05) is 14.0 Å². The fourth-order valence-electron chi connectivity index (χ4n) is 1.31. The summed E-state index contributed by atoms with van der Waals surface area (Å²) in [4.78, 5) is 5.01. The van der Waals surface area contributed by atoms with Crippen LogP contribution in [0.5, 0.6) is 0 Å². The van der Waals surface area contributed by atoms with Crippen LogP contribution in [0.15, 0.2) is 5.16 Å². The Morgan fingerprint density at radius 3 is 3.25 bits per heavy atom. The molecular weight excluding hydrogens is 154 g/mol. The summed E-state index contributed by atoms with van der Waals surface area (Å²) < 4.78 is 0. The Kier molecular flexibility index (Phi) is 4.04. The third-order valence-corrected chi connectivity index (χ3v) is 1.98. The van der Waals surface area contributed by atoms with Crippen LogP contribution in [0.4, 0.5) is 0 Å². The zero-order chi connectivity index (χ0) is 8.81. The number of nitrogens with one attached hydrogen (secondary N) is 2. The molecule has 0 aromatic carbocycles. The minimum atomic E-state index is 0.387. The molecule has 4 nitrogen and oxygen atoms in total. The monoisotopic (exact) mass is 171 g/mol. The quantitative estimate of drug-likeness (QED) is 0.586. The highest BCUT2D eigenvalue weighted by Gasteiger charge is 2.18. The van der Waals surface area contributed by atoms with Crippen LogP contribution < -0.4 is 10.6 Å². The van der Waals surface area contributed by atoms with Crippen molar-refractivity contribution in [2.45, 2.75) is 19.4 Å². The molecule has 1 unspecified atom stereocenters. The molecule has 0 radical (unpaired) electrons. The molecule has 1 heterocycles. The summed E-state index contributed by atoms with van der Waals surface area (Å²) in [6, 6.07) is 0.387. The topological polar surface area (TPSA) is 45.6 Å². The Hall–Kier alpha value is -0.610. The molecule has 0 bridgehead atoms. The lowest BCUT2D eigenvalue weighted by molar-refractivity contribution is 0.156. The molecule has 0 aromatic rings. The van der Waals surface area contributed by atoms with Gasteiger partial charge in [-0.2, -0.15) is 0 Å². The summed E-state index contributed by atoms with van der Waals surface area (Å²) in [5.74, 6) is 0. The minimum Gasteiger partial charge on any atom is -0.396 e. The maximum absolute atomic E-state index is 5.01. The number of hydrogen-bond acceptors (Lipinski definition) is 4. The van der Waals surface area contributed by atoms with Crippen molar-refractivity contribution in [3.63, 3.8) is 0 Å². The normalized spacial score (nSPS) is 27.5. The van der Waals surface area contributed by atoms with Crippen LogP contribution >= 0.6 is 0 Å². The smallest absolute Gasteiger partial charge is 0.114 e. The second kappa shape index (κ2) is 5.11. The first-order chi connectivity index (χ1) is 5.88. The van der Waals surface area contributed by atoms with E-state index in [1.165, 1.54) is 0 Å². The fraction of sp³-hybridized carbons (Fsp3) is 0.875. The molecule has 1 atom stereocenters. The molecule has 1 aliphatic rings. The van der Waals surface area contributed by atoms with Crippen LogP contribution in [0.1, 0.15) is 13.3 Å². The summed E-state index contributed by atoms with van der Waals surface area (Å²) in [6.07, 6.45) is 1.09. The van der Waals surface area contributed by atoms with Gasteiger partial charge in [0.05, 0.1) is 11.8 Å². The average Bonchev–Trinajstić information content (AvgIpc) is 2.15. The summed E-state index contributed by atoms with van der Waals surface area (Å²) >= 11 is 0. The van der Waals surface area contributed by atoms with Gasteiger partial charge in [0, 0.05) is 6.54 Å². The Morgan fingerprint density at radius 1 is 1.75 bits per heavy atom. The van der Waals surface area contributed by atoms with E-state index in [0.717, 1.165) is 25.2 Å². The van der Waals surface area contributed by atoms with E-state index in [9.17, 15) is 0 Å². The Labute approximate surface area is 73.4 Å². The first-order valence-electron chi connectivity index (χ1n) is 4.45. The van der Waals surface area contributed by atoms with Crippen molar-refractivity contribution in [1.82, 2.24) is 10.6 Å². The second-order valence-corrected chi connectivity index (χ2v) is 2.81. The van der Waals surface area contributed by atoms with Gasteiger partial charge in [-0.05, 0) is 26.9 Å². The van der Waals surface area contributed by atoms with Gasteiger partial charge in [0.1, 0.15) is 6.61 Å².